The molecule has 0 aromatic heterocycles. The van der Waals surface area contributed by atoms with Crippen molar-refractivity contribution in [3.8, 4) is 0 Å². The van der Waals surface area contributed by atoms with Crippen molar-refractivity contribution >= 4 is 35.1 Å². The molecule has 0 atom stereocenters. The van der Waals surface area contributed by atoms with Gasteiger partial charge in [-0.15, -0.1) is 0 Å². The van der Waals surface area contributed by atoms with Gasteiger partial charge in [-0.3, -0.25) is 14.5 Å². The van der Waals surface area contributed by atoms with Crippen LogP contribution in [0.25, 0.3) is 0 Å². The van der Waals surface area contributed by atoms with Crippen LogP contribution in [0.3, 0.4) is 0 Å². The zero-order valence-corrected chi connectivity index (χ0v) is 11.0. The fourth-order valence-electron chi connectivity index (χ4n) is 1.77. The van der Waals surface area contributed by atoms with Crippen molar-refractivity contribution in [2.24, 2.45) is 0 Å². The summed E-state index contributed by atoms with van der Waals surface area (Å²) in [6.07, 6.45) is 0.649. The molecule has 1 aromatic carbocycles. The molecule has 0 N–H and O–H groups in total. The van der Waals surface area contributed by atoms with Gasteiger partial charge in [0.25, 0.3) is 0 Å². The average molecular weight is 288 g/mol. The summed E-state index contributed by atoms with van der Waals surface area (Å²) in [4.78, 5) is 23.9. The molecule has 6 heteroatoms. The summed E-state index contributed by atoms with van der Waals surface area (Å²) < 4.78 is 4.44. The predicted molar refractivity (Wildman–Crippen MR) is 67.7 cm³/mol. The third kappa shape index (κ3) is 3.45. The smallest absolute Gasteiger partial charge is 0.327 e. The molecular weight excluding hydrogens is 277 g/mol. The third-order valence-electron chi connectivity index (χ3n) is 2.65. The van der Waals surface area contributed by atoms with Crippen LogP contribution in [-0.2, 0) is 20.7 Å². The van der Waals surface area contributed by atoms with Crippen LogP contribution in [0, 0.1) is 0 Å². The molecule has 4 nitrogen and oxygen atoms in total. The topological polar surface area (TPSA) is 46.6 Å². The Bertz CT molecular complexity index is 474. The number of carbonyl (C=O) groups excluding carboxylic acids is 2. The fourth-order valence-corrected chi connectivity index (χ4v) is 2.28. The number of ether oxygens (including phenoxy) is 1. The van der Waals surface area contributed by atoms with E-state index < -0.39 is 11.9 Å². The second-order valence-electron chi connectivity index (χ2n) is 4.04. The van der Waals surface area contributed by atoms with E-state index in [0.717, 1.165) is 5.56 Å². The van der Waals surface area contributed by atoms with Gasteiger partial charge in [0.1, 0.15) is 0 Å². The lowest BCUT2D eigenvalue weighted by Gasteiger charge is -2.24. The van der Waals surface area contributed by atoms with Gasteiger partial charge in [0.05, 0.1) is 13.1 Å². The molecule has 0 radical (unpaired) electrons. The summed E-state index contributed by atoms with van der Waals surface area (Å²) >= 11 is 11.8. The number of halogens is 2. The van der Waals surface area contributed by atoms with E-state index in [0.29, 0.717) is 23.0 Å². The molecule has 1 aliphatic rings. The maximum atomic E-state index is 11.1. The Hall–Kier alpha value is -1.10. The van der Waals surface area contributed by atoms with E-state index in [9.17, 15) is 9.59 Å². The Morgan fingerprint density at radius 2 is 1.83 bits per heavy atom. The second kappa shape index (κ2) is 5.69. The molecule has 0 amide bonds. The first kappa shape index (κ1) is 13.3. The average Bonchev–Trinajstić information content (AvgIpc) is 2.26. The SMILES string of the molecule is O=C1CN(CCc2ccc(Cl)cc2Cl)CC(=O)O1. The van der Waals surface area contributed by atoms with Crippen LogP contribution in [-0.4, -0.2) is 36.5 Å². The largest absolute Gasteiger partial charge is 0.391 e. The van der Waals surface area contributed by atoms with Gasteiger partial charge < -0.3 is 4.74 Å². The Morgan fingerprint density at radius 1 is 1.17 bits per heavy atom. The molecule has 1 fully saturated rings. The summed E-state index contributed by atoms with van der Waals surface area (Å²) in [6.45, 7) is 0.843. The van der Waals surface area contributed by atoms with Gasteiger partial charge in [0.2, 0.25) is 0 Å². The number of rotatable bonds is 3. The molecule has 1 aliphatic heterocycles. The van der Waals surface area contributed by atoms with Gasteiger partial charge in [0, 0.05) is 16.6 Å². The summed E-state index contributed by atoms with van der Waals surface area (Å²) in [5, 5.41) is 1.17. The molecule has 0 spiro atoms. The molecule has 1 heterocycles. The minimum atomic E-state index is -0.506. The number of esters is 2. The van der Waals surface area contributed by atoms with Crippen LogP contribution in [0.2, 0.25) is 10.0 Å². The number of benzene rings is 1. The molecule has 0 bridgehead atoms. The number of morpholine rings is 1. The number of hydrogen-bond donors (Lipinski definition) is 0. The molecule has 0 saturated carbocycles. The highest BCUT2D eigenvalue weighted by molar-refractivity contribution is 6.35. The zero-order chi connectivity index (χ0) is 13.1. The Kier molecular flexibility index (Phi) is 4.22. The highest BCUT2D eigenvalue weighted by atomic mass is 35.5. The van der Waals surface area contributed by atoms with E-state index in [1.807, 2.05) is 6.07 Å². The third-order valence-corrected chi connectivity index (χ3v) is 3.23. The minimum Gasteiger partial charge on any atom is -0.391 e. The molecule has 0 aliphatic carbocycles. The van der Waals surface area contributed by atoms with E-state index in [2.05, 4.69) is 4.74 Å². The van der Waals surface area contributed by atoms with Crippen LogP contribution < -0.4 is 0 Å². The van der Waals surface area contributed by atoms with Gasteiger partial charge in [0.15, 0.2) is 0 Å². The first-order valence-corrected chi connectivity index (χ1v) is 6.20. The second-order valence-corrected chi connectivity index (χ2v) is 4.89. The summed E-state index contributed by atoms with van der Waals surface area (Å²) in [6, 6.07) is 5.28. The standard InChI is InChI=1S/C12H11Cl2NO3/c13-9-2-1-8(10(14)5-9)3-4-15-6-11(16)18-12(17)7-15/h1-2,5H,3-4,6-7H2. The Morgan fingerprint density at radius 3 is 2.44 bits per heavy atom. The maximum Gasteiger partial charge on any atom is 0.327 e. The summed E-state index contributed by atoms with van der Waals surface area (Å²) in [5.41, 5.74) is 0.937. The first-order chi connectivity index (χ1) is 8.54. The highest BCUT2D eigenvalue weighted by Crippen LogP contribution is 2.21. The normalized spacial score (nSPS) is 16.8. The van der Waals surface area contributed by atoms with Gasteiger partial charge in [-0.05, 0) is 24.1 Å². The molecule has 1 saturated heterocycles. The number of cyclic esters (lactones) is 2. The lowest BCUT2D eigenvalue weighted by molar-refractivity contribution is -0.166. The van der Waals surface area contributed by atoms with Gasteiger partial charge in [-0.1, -0.05) is 29.3 Å². The predicted octanol–water partition coefficient (Wildman–Crippen LogP) is 1.92. The van der Waals surface area contributed by atoms with E-state index in [4.69, 9.17) is 23.2 Å². The molecule has 2 rings (SSSR count). The van der Waals surface area contributed by atoms with E-state index in [1.54, 1.807) is 17.0 Å². The van der Waals surface area contributed by atoms with E-state index >= 15 is 0 Å². The summed E-state index contributed by atoms with van der Waals surface area (Å²) in [7, 11) is 0. The number of hydrogen-bond acceptors (Lipinski definition) is 4. The van der Waals surface area contributed by atoms with E-state index in [-0.39, 0.29) is 13.1 Å². The highest BCUT2D eigenvalue weighted by Gasteiger charge is 2.24. The monoisotopic (exact) mass is 287 g/mol. The Balaban J connectivity index is 1.95. The van der Waals surface area contributed by atoms with Crippen LogP contribution in [0.1, 0.15) is 5.56 Å². The van der Waals surface area contributed by atoms with Crippen molar-refractivity contribution < 1.29 is 14.3 Å². The molecular formula is C12H11Cl2NO3. The molecule has 0 unspecified atom stereocenters. The lowest BCUT2D eigenvalue weighted by Crippen LogP contribution is -2.43. The maximum absolute atomic E-state index is 11.1. The number of carbonyl (C=O) groups is 2. The Labute approximate surface area is 114 Å². The molecule has 1 aromatic rings. The van der Waals surface area contributed by atoms with Crippen molar-refractivity contribution in [2.45, 2.75) is 6.42 Å². The lowest BCUT2D eigenvalue weighted by atomic mass is 10.1. The minimum absolute atomic E-state index is 0.136. The van der Waals surface area contributed by atoms with Gasteiger partial charge in [-0.25, -0.2) is 0 Å². The van der Waals surface area contributed by atoms with Crippen molar-refractivity contribution in [2.75, 3.05) is 19.6 Å². The van der Waals surface area contributed by atoms with Crippen LogP contribution in [0.15, 0.2) is 18.2 Å². The quantitative estimate of drug-likeness (QED) is 0.630. The van der Waals surface area contributed by atoms with E-state index in [1.165, 1.54) is 0 Å². The van der Waals surface area contributed by atoms with Crippen molar-refractivity contribution in [1.82, 2.24) is 4.90 Å². The van der Waals surface area contributed by atoms with Gasteiger partial charge >= 0.3 is 11.9 Å². The van der Waals surface area contributed by atoms with Crippen molar-refractivity contribution in [3.63, 3.8) is 0 Å². The summed E-state index contributed by atoms with van der Waals surface area (Å²) in [5.74, 6) is -1.01. The molecule has 18 heavy (non-hydrogen) atoms. The fraction of sp³-hybridized carbons (Fsp3) is 0.333. The first-order valence-electron chi connectivity index (χ1n) is 5.44. The van der Waals surface area contributed by atoms with Crippen LogP contribution in [0.5, 0.6) is 0 Å². The van der Waals surface area contributed by atoms with Crippen molar-refractivity contribution in [1.29, 1.82) is 0 Å². The van der Waals surface area contributed by atoms with Crippen molar-refractivity contribution in [3.05, 3.63) is 33.8 Å². The zero-order valence-electron chi connectivity index (χ0n) is 9.49. The van der Waals surface area contributed by atoms with Gasteiger partial charge in [-0.2, -0.15) is 0 Å². The van der Waals surface area contributed by atoms with Crippen LogP contribution >= 0.6 is 23.2 Å². The molecule has 96 valence electrons. The number of nitrogens with zero attached hydrogens (tertiary/aromatic N) is 1. The van der Waals surface area contributed by atoms with Crippen LogP contribution in [0.4, 0.5) is 0 Å².